The standard InChI is InChI=1S/C11H10BrClO/c12-11(13)10(14)9-5-4-7-2-1-3-8(7)6-9/h4-6,11H,1-3H2. The molecule has 0 fully saturated rings. The van der Waals surface area contributed by atoms with Crippen LogP contribution in [0.4, 0.5) is 0 Å². The SMILES string of the molecule is O=C(c1ccc2c(c1)CCC2)C(Cl)Br. The highest BCUT2D eigenvalue weighted by Crippen LogP contribution is 2.24. The molecule has 3 heteroatoms. The molecule has 0 saturated carbocycles. The molecule has 1 aliphatic carbocycles. The van der Waals surface area contributed by atoms with E-state index >= 15 is 0 Å². The first-order valence-electron chi connectivity index (χ1n) is 4.62. The van der Waals surface area contributed by atoms with Gasteiger partial charge in [0.15, 0.2) is 10.1 Å². The van der Waals surface area contributed by atoms with Gasteiger partial charge in [-0.3, -0.25) is 4.79 Å². The van der Waals surface area contributed by atoms with Crippen LogP contribution in [0.5, 0.6) is 0 Å². The van der Waals surface area contributed by atoms with Crippen molar-refractivity contribution in [2.45, 2.75) is 23.5 Å². The summed E-state index contributed by atoms with van der Waals surface area (Å²) in [5.74, 6) is -0.0543. The molecule has 0 saturated heterocycles. The number of carbonyl (C=O) groups is 1. The molecule has 1 unspecified atom stereocenters. The van der Waals surface area contributed by atoms with Crippen molar-refractivity contribution >= 4 is 33.3 Å². The number of alkyl halides is 2. The first-order valence-corrected chi connectivity index (χ1v) is 5.98. The fraction of sp³-hybridized carbons (Fsp3) is 0.364. The fourth-order valence-corrected chi connectivity index (χ4v) is 2.24. The average Bonchev–Trinajstić information content (AvgIpc) is 2.62. The summed E-state index contributed by atoms with van der Waals surface area (Å²) >= 11 is 8.75. The molecule has 1 nitrogen and oxygen atoms in total. The molecule has 1 aromatic carbocycles. The summed E-state index contributed by atoms with van der Waals surface area (Å²) in [4.78, 5) is 11.6. The van der Waals surface area contributed by atoms with Crippen LogP contribution in [0.2, 0.25) is 0 Å². The van der Waals surface area contributed by atoms with Gasteiger partial charge in [0.2, 0.25) is 0 Å². The zero-order chi connectivity index (χ0) is 10.1. The van der Waals surface area contributed by atoms with Crippen molar-refractivity contribution < 1.29 is 4.79 Å². The van der Waals surface area contributed by atoms with Crippen LogP contribution in [0.1, 0.15) is 27.9 Å². The molecule has 0 bridgehead atoms. The van der Waals surface area contributed by atoms with E-state index in [0.717, 1.165) is 12.8 Å². The quantitative estimate of drug-likeness (QED) is 0.597. The van der Waals surface area contributed by atoms with E-state index in [4.69, 9.17) is 11.6 Å². The summed E-state index contributed by atoms with van der Waals surface area (Å²) in [6, 6.07) is 5.88. The Balaban J connectivity index is 2.33. The van der Waals surface area contributed by atoms with E-state index in [9.17, 15) is 4.79 Å². The number of Topliss-reactive ketones (excluding diaryl/α,β-unsaturated/α-hetero) is 1. The van der Waals surface area contributed by atoms with E-state index in [0.29, 0.717) is 5.56 Å². The summed E-state index contributed by atoms with van der Waals surface area (Å²) in [5, 5.41) is 0. The Morgan fingerprint density at radius 2 is 2.07 bits per heavy atom. The third kappa shape index (κ3) is 1.86. The zero-order valence-corrected chi connectivity index (χ0v) is 9.94. The van der Waals surface area contributed by atoms with Gasteiger partial charge in [-0.1, -0.05) is 28.1 Å². The molecule has 0 amide bonds. The highest BCUT2D eigenvalue weighted by Gasteiger charge is 2.17. The summed E-state index contributed by atoms with van der Waals surface area (Å²) in [5.41, 5.74) is 3.39. The van der Waals surface area contributed by atoms with Crippen LogP contribution in [-0.4, -0.2) is 10.1 Å². The molecular formula is C11H10BrClO. The summed E-state index contributed by atoms with van der Waals surface area (Å²) < 4.78 is -0.609. The van der Waals surface area contributed by atoms with Gasteiger partial charge in [0.05, 0.1) is 0 Å². The van der Waals surface area contributed by atoms with E-state index in [1.807, 2.05) is 18.2 Å². The average molecular weight is 274 g/mol. The molecule has 1 atom stereocenters. The number of halogens is 2. The Kier molecular flexibility index (Phi) is 2.93. The highest BCUT2D eigenvalue weighted by molar-refractivity contribution is 9.10. The van der Waals surface area contributed by atoms with Crippen molar-refractivity contribution in [1.29, 1.82) is 0 Å². The Labute approximate surface area is 96.6 Å². The molecule has 74 valence electrons. The van der Waals surface area contributed by atoms with Crippen LogP contribution >= 0.6 is 27.5 Å². The fourth-order valence-electron chi connectivity index (χ4n) is 1.85. The number of rotatable bonds is 2. The molecule has 0 aliphatic heterocycles. The monoisotopic (exact) mass is 272 g/mol. The highest BCUT2D eigenvalue weighted by atomic mass is 79.9. The van der Waals surface area contributed by atoms with Crippen LogP contribution in [0.25, 0.3) is 0 Å². The third-order valence-electron chi connectivity index (χ3n) is 2.58. The molecule has 0 radical (unpaired) electrons. The molecule has 0 heterocycles. The lowest BCUT2D eigenvalue weighted by Crippen LogP contribution is -2.07. The lowest BCUT2D eigenvalue weighted by molar-refractivity contribution is 0.101. The number of fused-ring (bicyclic) bond motifs is 1. The Bertz CT molecular complexity index is 374. The maximum absolute atomic E-state index is 11.6. The minimum absolute atomic E-state index is 0.0543. The number of hydrogen-bond acceptors (Lipinski definition) is 1. The second kappa shape index (κ2) is 4.03. The summed E-state index contributed by atoms with van der Waals surface area (Å²) in [6.45, 7) is 0. The van der Waals surface area contributed by atoms with Crippen LogP contribution in [-0.2, 0) is 12.8 Å². The predicted octanol–water partition coefficient (Wildman–Crippen LogP) is 3.32. The van der Waals surface area contributed by atoms with Crippen LogP contribution in [0.3, 0.4) is 0 Å². The normalized spacial score (nSPS) is 16.4. The molecule has 1 aromatic rings. The largest absolute Gasteiger partial charge is 0.292 e. The maximum Gasteiger partial charge on any atom is 0.191 e. The van der Waals surface area contributed by atoms with Crippen LogP contribution < -0.4 is 0 Å². The van der Waals surface area contributed by atoms with Gasteiger partial charge >= 0.3 is 0 Å². The van der Waals surface area contributed by atoms with Gasteiger partial charge < -0.3 is 0 Å². The molecule has 0 N–H and O–H groups in total. The lowest BCUT2D eigenvalue weighted by Gasteiger charge is -2.04. The molecule has 1 aliphatic rings. The Morgan fingerprint density at radius 1 is 1.36 bits per heavy atom. The van der Waals surface area contributed by atoms with Crippen molar-refractivity contribution in [1.82, 2.24) is 0 Å². The topological polar surface area (TPSA) is 17.1 Å². The van der Waals surface area contributed by atoms with Crippen molar-refractivity contribution in [3.05, 3.63) is 34.9 Å². The smallest absolute Gasteiger partial charge is 0.191 e. The number of aryl methyl sites for hydroxylation is 2. The Hall–Kier alpha value is -0.340. The first-order chi connectivity index (χ1) is 6.68. The van der Waals surface area contributed by atoms with Gasteiger partial charge in [-0.25, -0.2) is 0 Å². The summed E-state index contributed by atoms with van der Waals surface area (Å²) in [7, 11) is 0. The van der Waals surface area contributed by atoms with Gasteiger partial charge in [0.1, 0.15) is 0 Å². The van der Waals surface area contributed by atoms with E-state index < -0.39 is 4.29 Å². The third-order valence-corrected chi connectivity index (χ3v) is 3.20. The van der Waals surface area contributed by atoms with Crippen LogP contribution in [0, 0.1) is 0 Å². The van der Waals surface area contributed by atoms with E-state index in [2.05, 4.69) is 15.9 Å². The van der Waals surface area contributed by atoms with Crippen molar-refractivity contribution in [2.75, 3.05) is 0 Å². The van der Waals surface area contributed by atoms with E-state index in [1.165, 1.54) is 17.5 Å². The molecule has 0 aromatic heterocycles. The second-order valence-corrected chi connectivity index (χ2v) is 5.38. The second-order valence-electron chi connectivity index (χ2n) is 3.50. The van der Waals surface area contributed by atoms with Crippen LogP contribution in [0.15, 0.2) is 18.2 Å². The van der Waals surface area contributed by atoms with Gasteiger partial charge in [-0.2, -0.15) is 0 Å². The number of hydrogen-bond donors (Lipinski definition) is 0. The maximum atomic E-state index is 11.6. The lowest BCUT2D eigenvalue weighted by atomic mass is 10.0. The molecule has 14 heavy (non-hydrogen) atoms. The number of carbonyl (C=O) groups excluding carboxylic acids is 1. The van der Waals surface area contributed by atoms with E-state index in [-0.39, 0.29) is 5.78 Å². The molecular weight excluding hydrogens is 263 g/mol. The van der Waals surface area contributed by atoms with Gasteiger partial charge in [-0.05, 0) is 36.5 Å². The minimum atomic E-state index is -0.609. The van der Waals surface area contributed by atoms with Gasteiger partial charge in [-0.15, -0.1) is 11.6 Å². The van der Waals surface area contributed by atoms with Gasteiger partial charge in [0, 0.05) is 5.56 Å². The summed E-state index contributed by atoms with van der Waals surface area (Å²) in [6.07, 6.45) is 3.43. The Morgan fingerprint density at radius 3 is 2.79 bits per heavy atom. The van der Waals surface area contributed by atoms with Crippen molar-refractivity contribution in [2.24, 2.45) is 0 Å². The minimum Gasteiger partial charge on any atom is -0.292 e. The number of ketones is 1. The van der Waals surface area contributed by atoms with Crippen molar-refractivity contribution in [3.63, 3.8) is 0 Å². The van der Waals surface area contributed by atoms with Crippen molar-refractivity contribution in [3.8, 4) is 0 Å². The molecule has 2 rings (SSSR count). The van der Waals surface area contributed by atoms with Gasteiger partial charge in [0.25, 0.3) is 0 Å². The first kappa shape index (κ1) is 10.2. The number of benzene rings is 1. The predicted molar refractivity (Wildman–Crippen MR) is 61.4 cm³/mol. The van der Waals surface area contributed by atoms with E-state index in [1.54, 1.807) is 0 Å². The zero-order valence-electron chi connectivity index (χ0n) is 7.59. The molecule has 0 spiro atoms.